The molecule has 0 radical (unpaired) electrons. The number of carbonyl (C=O) groups excluding carboxylic acids is 3. The summed E-state index contributed by atoms with van der Waals surface area (Å²) < 4.78 is 0. The van der Waals surface area contributed by atoms with E-state index in [2.05, 4.69) is 10.6 Å². The molecule has 144 valence electrons. The number of urea groups is 1. The van der Waals surface area contributed by atoms with E-state index in [1.165, 1.54) is 12.1 Å². The van der Waals surface area contributed by atoms with Crippen LogP contribution in [0.4, 0.5) is 16.2 Å². The number of nitrogens with one attached hydrogen (secondary N) is 2. The summed E-state index contributed by atoms with van der Waals surface area (Å²) in [6, 6.07) is 3.23. The Labute approximate surface area is 160 Å². The Kier molecular flexibility index (Phi) is 5.05. The van der Waals surface area contributed by atoms with Gasteiger partial charge in [0.1, 0.15) is 17.1 Å². The first-order valence-corrected chi connectivity index (χ1v) is 9.00. The molecule has 0 bridgehead atoms. The topological polar surface area (TPSA) is 122 Å². The normalized spacial score (nSPS) is 24.8. The highest BCUT2D eigenvalue weighted by Crippen LogP contribution is 2.38. The van der Waals surface area contributed by atoms with E-state index in [4.69, 9.17) is 11.6 Å². The molecule has 10 heteroatoms. The maximum absolute atomic E-state index is 12.8. The molecule has 0 aromatic heterocycles. The van der Waals surface area contributed by atoms with Gasteiger partial charge in [-0.25, -0.2) is 4.79 Å². The third kappa shape index (κ3) is 3.46. The van der Waals surface area contributed by atoms with Crippen LogP contribution in [0.3, 0.4) is 0 Å². The average Bonchev–Trinajstić information content (AvgIpc) is 2.84. The lowest BCUT2D eigenvalue weighted by Gasteiger charge is -2.36. The van der Waals surface area contributed by atoms with Crippen molar-refractivity contribution in [2.45, 2.75) is 38.1 Å². The zero-order valence-electron chi connectivity index (χ0n) is 14.7. The Hall–Kier alpha value is -2.68. The van der Waals surface area contributed by atoms with Crippen LogP contribution in [0.25, 0.3) is 0 Å². The molecule has 0 unspecified atom stereocenters. The fourth-order valence-corrected chi connectivity index (χ4v) is 3.90. The maximum Gasteiger partial charge on any atom is 0.325 e. The Morgan fingerprint density at radius 2 is 2.19 bits per heavy atom. The minimum absolute atomic E-state index is 0.00493. The molecule has 1 aliphatic heterocycles. The minimum Gasteiger partial charge on any atom is -0.324 e. The second kappa shape index (κ2) is 7.15. The van der Waals surface area contributed by atoms with Gasteiger partial charge in [-0.15, -0.1) is 0 Å². The molecule has 1 aliphatic carbocycles. The van der Waals surface area contributed by atoms with Crippen molar-refractivity contribution >= 4 is 40.8 Å². The van der Waals surface area contributed by atoms with E-state index in [1.807, 2.05) is 6.92 Å². The summed E-state index contributed by atoms with van der Waals surface area (Å²) in [5.74, 6) is -1.03. The van der Waals surface area contributed by atoms with E-state index in [9.17, 15) is 24.5 Å². The van der Waals surface area contributed by atoms with Crippen LogP contribution >= 0.6 is 11.6 Å². The summed E-state index contributed by atoms with van der Waals surface area (Å²) in [6.45, 7) is 1.46. The van der Waals surface area contributed by atoms with Crippen LogP contribution in [-0.4, -0.2) is 39.8 Å². The largest absolute Gasteiger partial charge is 0.325 e. The number of hydrogen-bond acceptors (Lipinski definition) is 5. The highest BCUT2D eigenvalue weighted by Gasteiger charge is 2.55. The first-order valence-electron chi connectivity index (χ1n) is 8.62. The van der Waals surface area contributed by atoms with Gasteiger partial charge in [0, 0.05) is 11.8 Å². The van der Waals surface area contributed by atoms with Crippen LogP contribution < -0.4 is 10.6 Å². The van der Waals surface area contributed by atoms with Gasteiger partial charge in [0.05, 0.1) is 4.92 Å². The highest BCUT2D eigenvalue weighted by atomic mass is 35.5. The van der Waals surface area contributed by atoms with Crippen molar-refractivity contribution in [3.05, 3.63) is 33.3 Å². The van der Waals surface area contributed by atoms with E-state index >= 15 is 0 Å². The molecule has 1 heterocycles. The van der Waals surface area contributed by atoms with Gasteiger partial charge in [-0.1, -0.05) is 31.4 Å². The molecule has 1 aromatic rings. The summed E-state index contributed by atoms with van der Waals surface area (Å²) in [5.41, 5.74) is -1.13. The van der Waals surface area contributed by atoms with Gasteiger partial charge in [-0.2, -0.15) is 0 Å². The second-order valence-electron chi connectivity index (χ2n) is 6.91. The van der Waals surface area contributed by atoms with Crippen molar-refractivity contribution in [2.75, 3.05) is 11.9 Å². The number of benzene rings is 1. The average molecular weight is 395 g/mol. The first-order chi connectivity index (χ1) is 12.7. The number of anilines is 1. The van der Waals surface area contributed by atoms with Crippen LogP contribution in [0.15, 0.2) is 18.2 Å². The molecule has 1 aromatic carbocycles. The number of nitro benzene ring substituents is 1. The SMILES string of the molecule is C[C@@H]1CCCC[C@@]12NC(=O)N(CC(=O)Nc1ccc(Cl)c([N+](=O)[O-])c1)C2=O. The number of amides is 4. The second-order valence-corrected chi connectivity index (χ2v) is 7.32. The summed E-state index contributed by atoms with van der Waals surface area (Å²) in [7, 11) is 0. The van der Waals surface area contributed by atoms with Gasteiger partial charge >= 0.3 is 6.03 Å². The first kappa shape index (κ1) is 19.1. The van der Waals surface area contributed by atoms with Gasteiger partial charge in [-0.05, 0) is 30.9 Å². The van der Waals surface area contributed by atoms with Crippen LogP contribution in [-0.2, 0) is 9.59 Å². The molecule has 9 nitrogen and oxygen atoms in total. The zero-order valence-corrected chi connectivity index (χ0v) is 15.4. The van der Waals surface area contributed by atoms with Crippen LogP contribution in [0.5, 0.6) is 0 Å². The lowest BCUT2D eigenvalue weighted by atomic mass is 9.73. The lowest BCUT2D eigenvalue weighted by molar-refractivity contribution is -0.384. The third-order valence-corrected chi connectivity index (χ3v) is 5.55. The van der Waals surface area contributed by atoms with Gasteiger partial charge in [-0.3, -0.25) is 24.6 Å². The Bertz CT molecular complexity index is 830. The van der Waals surface area contributed by atoms with Crippen LogP contribution in [0.2, 0.25) is 5.02 Å². The standard InChI is InChI=1S/C17H19ClN4O5/c1-10-4-2-3-7-17(10)15(24)21(16(25)20-17)9-14(23)19-11-5-6-12(18)13(8-11)22(26)27/h5-6,8,10H,2-4,7,9H2,1H3,(H,19,23)(H,20,25)/t10-,17-/m1/s1. The van der Waals surface area contributed by atoms with E-state index in [0.717, 1.165) is 30.2 Å². The van der Waals surface area contributed by atoms with Crippen molar-refractivity contribution < 1.29 is 19.3 Å². The van der Waals surface area contributed by atoms with E-state index < -0.39 is 34.9 Å². The Morgan fingerprint density at radius 1 is 1.44 bits per heavy atom. The summed E-state index contributed by atoms with van der Waals surface area (Å²) in [5, 5.41) is 16.1. The molecule has 2 N–H and O–H groups in total. The molecule has 27 heavy (non-hydrogen) atoms. The van der Waals surface area contributed by atoms with Gasteiger partial charge < -0.3 is 10.6 Å². The maximum atomic E-state index is 12.8. The molecular formula is C17H19ClN4O5. The van der Waals surface area contributed by atoms with Crippen LogP contribution in [0, 0.1) is 16.0 Å². The van der Waals surface area contributed by atoms with Gasteiger partial charge in [0.25, 0.3) is 11.6 Å². The molecule has 3 rings (SSSR count). The molecule has 2 aliphatic rings. The van der Waals surface area contributed by atoms with E-state index in [-0.39, 0.29) is 22.3 Å². The van der Waals surface area contributed by atoms with Gasteiger partial charge in [0.2, 0.25) is 5.91 Å². The zero-order chi connectivity index (χ0) is 19.8. The Morgan fingerprint density at radius 3 is 2.85 bits per heavy atom. The van der Waals surface area contributed by atoms with Crippen molar-refractivity contribution in [1.82, 2.24) is 10.2 Å². The third-order valence-electron chi connectivity index (χ3n) is 5.23. The summed E-state index contributed by atoms with van der Waals surface area (Å²) in [4.78, 5) is 48.6. The molecule has 1 saturated carbocycles. The number of carbonyl (C=O) groups is 3. The molecule has 4 amide bonds. The predicted octanol–water partition coefficient (Wildman–Crippen LogP) is 2.69. The summed E-state index contributed by atoms with van der Waals surface area (Å²) in [6.07, 6.45) is 3.23. The van der Waals surface area contributed by atoms with E-state index in [1.54, 1.807) is 0 Å². The monoisotopic (exact) mass is 394 g/mol. The molecule has 2 fully saturated rings. The number of halogens is 1. The van der Waals surface area contributed by atoms with Crippen molar-refractivity contribution in [3.8, 4) is 0 Å². The van der Waals surface area contributed by atoms with Crippen molar-refractivity contribution in [1.29, 1.82) is 0 Å². The number of nitrogens with zero attached hydrogens (tertiary/aromatic N) is 2. The predicted molar refractivity (Wildman–Crippen MR) is 97.3 cm³/mol. The molecule has 1 saturated heterocycles. The molecule has 1 spiro atoms. The van der Waals surface area contributed by atoms with Crippen molar-refractivity contribution in [3.63, 3.8) is 0 Å². The quantitative estimate of drug-likeness (QED) is 0.462. The van der Waals surface area contributed by atoms with Crippen molar-refractivity contribution in [2.24, 2.45) is 5.92 Å². The smallest absolute Gasteiger partial charge is 0.324 e. The fourth-order valence-electron chi connectivity index (χ4n) is 3.71. The molecule has 2 atom stereocenters. The van der Waals surface area contributed by atoms with E-state index in [0.29, 0.717) is 6.42 Å². The number of nitro groups is 1. The van der Waals surface area contributed by atoms with Crippen LogP contribution in [0.1, 0.15) is 32.6 Å². The number of imide groups is 1. The number of rotatable bonds is 4. The minimum atomic E-state index is -0.936. The molecular weight excluding hydrogens is 376 g/mol. The highest BCUT2D eigenvalue weighted by molar-refractivity contribution is 6.32. The lowest BCUT2D eigenvalue weighted by Crippen LogP contribution is -2.54. The fraction of sp³-hybridized carbons (Fsp3) is 0.471. The summed E-state index contributed by atoms with van der Waals surface area (Å²) >= 11 is 5.74. The van der Waals surface area contributed by atoms with Gasteiger partial charge in [0.15, 0.2) is 0 Å². The Balaban J connectivity index is 1.71. The number of hydrogen-bond donors (Lipinski definition) is 2.